The molecule has 3 heteroatoms. The average molecular weight is 136 g/mol. The van der Waals surface area contributed by atoms with Crippen molar-refractivity contribution in [3.63, 3.8) is 0 Å². The van der Waals surface area contributed by atoms with E-state index in [-0.39, 0.29) is 0 Å². The van der Waals surface area contributed by atoms with Gasteiger partial charge in [-0.2, -0.15) is 0 Å². The highest BCUT2D eigenvalue weighted by Crippen LogP contribution is 1.91. The molecule has 3 nitrogen and oxygen atoms in total. The lowest BCUT2D eigenvalue weighted by Gasteiger charge is -1.83. The lowest BCUT2D eigenvalue weighted by molar-refractivity contribution is -0.140. The SMILES string of the molecule is O=C1C=CC=CC(=O)C1=O. The van der Waals surface area contributed by atoms with Crippen molar-refractivity contribution in [2.45, 2.75) is 0 Å². The molecule has 0 aromatic carbocycles. The standard InChI is InChI=1S/C7H4O3/c8-5-3-1-2-4-6(9)7(5)10/h1-4H. The van der Waals surface area contributed by atoms with E-state index in [9.17, 15) is 14.4 Å². The van der Waals surface area contributed by atoms with Gasteiger partial charge in [-0.15, -0.1) is 0 Å². The highest BCUT2D eigenvalue weighted by Gasteiger charge is 2.18. The maximum Gasteiger partial charge on any atom is 0.272 e. The van der Waals surface area contributed by atoms with Gasteiger partial charge in [0.25, 0.3) is 5.78 Å². The first kappa shape index (κ1) is 6.61. The Balaban J connectivity index is 3.01. The highest BCUT2D eigenvalue weighted by atomic mass is 16.2. The molecule has 0 aromatic rings. The van der Waals surface area contributed by atoms with Crippen LogP contribution < -0.4 is 0 Å². The summed E-state index contributed by atoms with van der Waals surface area (Å²) in [4.78, 5) is 31.6. The lowest BCUT2D eigenvalue weighted by Crippen LogP contribution is -2.18. The largest absolute Gasteiger partial charge is 0.285 e. The second-order valence-electron chi connectivity index (χ2n) is 1.78. The van der Waals surface area contributed by atoms with Crippen LogP contribution in [0.25, 0.3) is 0 Å². The molecule has 0 amide bonds. The molecule has 0 atom stereocenters. The molecule has 1 aliphatic rings. The van der Waals surface area contributed by atoms with Crippen LogP contribution in [-0.2, 0) is 14.4 Å². The van der Waals surface area contributed by atoms with Crippen molar-refractivity contribution in [1.82, 2.24) is 0 Å². The zero-order valence-electron chi connectivity index (χ0n) is 5.03. The molecule has 0 aliphatic heterocycles. The second-order valence-corrected chi connectivity index (χ2v) is 1.78. The molecule has 0 unspecified atom stereocenters. The van der Waals surface area contributed by atoms with Crippen molar-refractivity contribution in [2.24, 2.45) is 0 Å². The van der Waals surface area contributed by atoms with E-state index in [0.717, 1.165) is 12.2 Å². The molecule has 50 valence electrons. The summed E-state index contributed by atoms with van der Waals surface area (Å²) < 4.78 is 0. The van der Waals surface area contributed by atoms with Gasteiger partial charge in [0.05, 0.1) is 0 Å². The zero-order valence-corrected chi connectivity index (χ0v) is 5.03. The molecule has 0 spiro atoms. The van der Waals surface area contributed by atoms with Gasteiger partial charge >= 0.3 is 0 Å². The number of allylic oxidation sites excluding steroid dienone is 4. The van der Waals surface area contributed by atoms with E-state index in [0.29, 0.717) is 0 Å². The third-order valence-corrected chi connectivity index (χ3v) is 1.05. The summed E-state index contributed by atoms with van der Waals surface area (Å²) in [7, 11) is 0. The molecular formula is C7H4O3. The Labute approximate surface area is 57.0 Å². The van der Waals surface area contributed by atoms with E-state index >= 15 is 0 Å². The van der Waals surface area contributed by atoms with E-state index in [1.54, 1.807) is 0 Å². The Morgan fingerprint density at radius 1 is 0.800 bits per heavy atom. The molecule has 1 rings (SSSR count). The monoisotopic (exact) mass is 136 g/mol. The van der Waals surface area contributed by atoms with Crippen LogP contribution in [0.3, 0.4) is 0 Å². The van der Waals surface area contributed by atoms with Crippen LogP contribution in [0.4, 0.5) is 0 Å². The molecule has 0 saturated carbocycles. The summed E-state index contributed by atoms with van der Waals surface area (Å²) in [6.45, 7) is 0. The summed E-state index contributed by atoms with van der Waals surface area (Å²) in [5.74, 6) is -2.48. The molecule has 0 fully saturated rings. The number of hydrogen-bond donors (Lipinski definition) is 0. The van der Waals surface area contributed by atoms with Gasteiger partial charge in [-0.25, -0.2) is 0 Å². The Morgan fingerprint density at radius 3 is 1.60 bits per heavy atom. The highest BCUT2D eigenvalue weighted by molar-refractivity contribution is 6.68. The minimum Gasteiger partial charge on any atom is -0.285 e. The minimum atomic E-state index is -0.968. The molecule has 0 radical (unpaired) electrons. The third-order valence-electron chi connectivity index (χ3n) is 1.05. The van der Waals surface area contributed by atoms with Gasteiger partial charge in [-0.3, -0.25) is 14.4 Å². The molecule has 10 heavy (non-hydrogen) atoms. The first-order chi connectivity index (χ1) is 4.72. The maximum absolute atomic E-state index is 10.5. The van der Waals surface area contributed by atoms with E-state index in [4.69, 9.17) is 0 Å². The van der Waals surface area contributed by atoms with E-state index in [1.165, 1.54) is 12.2 Å². The fourth-order valence-corrected chi connectivity index (χ4v) is 0.559. The molecule has 0 aromatic heterocycles. The van der Waals surface area contributed by atoms with Gasteiger partial charge in [-0.1, -0.05) is 12.2 Å². The van der Waals surface area contributed by atoms with Gasteiger partial charge in [-0.05, 0) is 12.2 Å². The van der Waals surface area contributed by atoms with E-state index in [2.05, 4.69) is 0 Å². The summed E-state index contributed by atoms with van der Waals surface area (Å²) in [6.07, 6.45) is 4.88. The van der Waals surface area contributed by atoms with Crippen LogP contribution in [0.5, 0.6) is 0 Å². The van der Waals surface area contributed by atoms with Gasteiger partial charge in [0.1, 0.15) is 0 Å². The van der Waals surface area contributed by atoms with Crippen LogP contribution in [0.2, 0.25) is 0 Å². The topological polar surface area (TPSA) is 51.2 Å². The van der Waals surface area contributed by atoms with Gasteiger partial charge in [0.2, 0.25) is 11.6 Å². The zero-order chi connectivity index (χ0) is 7.56. The lowest BCUT2D eigenvalue weighted by atomic mass is 10.2. The average Bonchev–Trinajstić information content (AvgIpc) is 2.04. The number of carbonyl (C=O) groups excluding carboxylic acids is 3. The predicted octanol–water partition coefficient (Wildman–Crippen LogP) is -0.180. The normalized spacial score (nSPS) is 17.8. The summed E-state index contributed by atoms with van der Waals surface area (Å²) in [5.41, 5.74) is 0. The maximum atomic E-state index is 10.5. The smallest absolute Gasteiger partial charge is 0.272 e. The number of Topliss-reactive ketones (excluding diaryl/α,β-unsaturated/α-hetero) is 1. The Bertz CT molecular complexity index is 232. The van der Waals surface area contributed by atoms with Crippen LogP contribution in [0.15, 0.2) is 24.3 Å². The fraction of sp³-hybridized carbons (Fsp3) is 0. The number of hydrogen-bond acceptors (Lipinski definition) is 3. The molecular weight excluding hydrogens is 132 g/mol. The summed E-state index contributed by atoms with van der Waals surface area (Å²) >= 11 is 0. The minimum absolute atomic E-state index is 0.755. The summed E-state index contributed by atoms with van der Waals surface area (Å²) in [5, 5.41) is 0. The third kappa shape index (κ3) is 1.07. The van der Waals surface area contributed by atoms with Gasteiger partial charge in [0.15, 0.2) is 0 Å². The summed E-state index contributed by atoms with van der Waals surface area (Å²) in [6, 6.07) is 0. The Hall–Kier alpha value is -1.51. The van der Waals surface area contributed by atoms with Gasteiger partial charge in [0, 0.05) is 0 Å². The molecule has 0 N–H and O–H groups in total. The van der Waals surface area contributed by atoms with Crippen molar-refractivity contribution in [1.29, 1.82) is 0 Å². The Kier molecular flexibility index (Phi) is 1.58. The molecule has 0 bridgehead atoms. The van der Waals surface area contributed by atoms with Crippen molar-refractivity contribution in [3.05, 3.63) is 24.3 Å². The van der Waals surface area contributed by atoms with Crippen molar-refractivity contribution < 1.29 is 14.4 Å². The van der Waals surface area contributed by atoms with Crippen molar-refractivity contribution in [2.75, 3.05) is 0 Å². The number of carbonyl (C=O) groups is 3. The molecule has 0 heterocycles. The molecule has 0 saturated heterocycles. The Morgan fingerprint density at radius 2 is 1.20 bits per heavy atom. The van der Waals surface area contributed by atoms with Crippen molar-refractivity contribution >= 4 is 17.3 Å². The molecule has 1 aliphatic carbocycles. The van der Waals surface area contributed by atoms with E-state index < -0.39 is 17.3 Å². The second kappa shape index (κ2) is 2.39. The van der Waals surface area contributed by atoms with Crippen LogP contribution in [0.1, 0.15) is 0 Å². The quantitative estimate of drug-likeness (QED) is 0.434. The number of ketones is 3. The predicted molar refractivity (Wildman–Crippen MR) is 33.3 cm³/mol. The fourth-order valence-electron chi connectivity index (χ4n) is 0.559. The van der Waals surface area contributed by atoms with Crippen LogP contribution >= 0.6 is 0 Å². The van der Waals surface area contributed by atoms with Crippen molar-refractivity contribution in [3.8, 4) is 0 Å². The number of rotatable bonds is 0. The first-order valence-corrected chi connectivity index (χ1v) is 2.69. The van der Waals surface area contributed by atoms with Crippen LogP contribution in [-0.4, -0.2) is 17.3 Å². The van der Waals surface area contributed by atoms with E-state index in [1.807, 2.05) is 0 Å². The van der Waals surface area contributed by atoms with Crippen LogP contribution in [0, 0.1) is 0 Å². The van der Waals surface area contributed by atoms with Gasteiger partial charge < -0.3 is 0 Å². The first-order valence-electron chi connectivity index (χ1n) is 2.69.